The molecule has 0 atom stereocenters. The maximum Gasteiger partial charge on any atom is 0.267 e. The topological polar surface area (TPSA) is 84.6 Å². The molecule has 6 nitrogen and oxygen atoms in total. The Labute approximate surface area is 162 Å². The summed E-state index contributed by atoms with van der Waals surface area (Å²) >= 11 is 0. The van der Waals surface area contributed by atoms with Crippen molar-refractivity contribution in [3.05, 3.63) is 76.4 Å². The Hall–Kier alpha value is -3.00. The van der Waals surface area contributed by atoms with E-state index in [9.17, 15) is 12.8 Å². The first-order chi connectivity index (χ1) is 13.3. The van der Waals surface area contributed by atoms with Crippen LogP contribution in [0.3, 0.4) is 0 Å². The highest BCUT2D eigenvalue weighted by atomic mass is 32.2. The van der Waals surface area contributed by atoms with E-state index >= 15 is 0 Å². The van der Waals surface area contributed by atoms with Crippen molar-refractivity contribution in [3.8, 4) is 0 Å². The largest absolute Gasteiger partial charge is 0.360 e. The number of rotatable bonds is 4. The van der Waals surface area contributed by atoms with Crippen LogP contribution >= 0.6 is 0 Å². The summed E-state index contributed by atoms with van der Waals surface area (Å²) in [5.41, 5.74) is 4.17. The highest BCUT2D eigenvalue weighted by Crippen LogP contribution is 2.25. The minimum Gasteiger partial charge on any atom is -0.360 e. The van der Waals surface area contributed by atoms with E-state index in [4.69, 9.17) is 4.52 Å². The number of benzene rings is 2. The average molecular weight is 399 g/mol. The van der Waals surface area contributed by atoms with Crippen LogP contribution < -0.4 is 4.72 Å². The predicted molar refractivity (Wildman–Crippen MR) is 104 cm³/mol. The first-order valence-corrected chi connectivity index (χ1v) is 10.2. The van der Waals surface area contributed by atoms with Crippen LogP contribution in [0.2, 0.25) is 0 Å². The maximum absolute atomic E-state index is 13.5. The van der Waals surface area contributed by atoms with Gasteiger partial charge in [-0.3, -0.25) is 9.71 Å². The van der Waals surface area contributed by atoms with Gasteiger partial charge >= 0.3 is 0 Å². The highest BCUT2D eigenvalue weighted by molar-refractivity contribution is 7.92. The van der Waals surface area contributed by atoms with Crippen molar-refractivity contribution < 1.29 is 17.3 Å². The van der Waals surface area contributed by atoms with Gasteiger partial charge in [-0.1, -0.05) is 17.3 Å². The second-order valence-electron chi connectivity index (χ2n) is 6.62. The Morgan fingerprint density at radius 1 is 1.11 bits per heavy atom. The Balaban J connectivity index is 1.61. The number of sulfonamides is 1. The SMILES string of the molecule is Cc1noc(C)c1S(=O)(=O)Nc1ccc(C2=NCCc3cc(F)ccc32)cc1. The van der Waals surface area contributed by atoms with Crippen LogP contribution in [0.1, 0.15) is 28.1 Å². The zero-order valence-corrected chi connectivity index (χ0v) is 16.2. The third-order valence-corrected chi connectivity index (χ3v) is 6.25. The van der Waals surface area contributed by atoms with Gasteiger partial charge < -0.3 is 4.52 Å². The molecule has 1 aromatic heterocycles. The monoisotopic (exact) mass is 399 g/mol. The van der Waals surface area contributed by atoms with Crippen LogP contribution in [0.25, 0.3) is 0 Å². The molecule has 4 rings (SSSR count). The van der Waals surface area contributed by atoms with Gasteiger partial charge in [0.2, 0.25) is 0 Å². The molecule has 1 N–H and O–H groups in total. The molecule has 0 radical (unpaired) electrons. The second-order valence-corrected chi connectivity index (χ2v) is 8.24. The van der Waals surface area contributed by atoms with E-state index in [1.165, 1.54) is 12.1 Å². The van der Waals surface area contributed by atoms with E-state index in [-0.39, 0.29) is 16.5 Å². The summed E-state index contributed by atoms with van der Waals surface area (Å²) in [6.07, 6.45) is 0.700. The molecule has 0 aliphatic carbocycles. The smallest absolute Gasteiger partial charge is 0.267 e. The third-order valence-electron chi connectivity index (χ3n) is 4.62. The molecule has 28 heavy (non-hydrogen) atoms. The van der Waals surface area contributed by atoms with E-state index in [0.29, 0.717) is 24.3 Å². The fraction of sp³-hybridized carbons (Fsp3) is 0.200. The van der Waals surface area contributed by atoms with Crippen molar-refractivity contribution in [2.24, 2.45) is 4.99 Å². The average Bonchev–Trinajstić information content (AvgIpc) is 3.00. The number of aryl methyl sites for hydroxylation is 2. The molecule has 0 saturated carbocycles. The summed E-state index contributed by atoms with van der Waals surface area (Å²) < 4.78 is 46.2. The van der Waals surface area contributed by atoms with Gasteiger partial charge in [0.1, 0.15) is 11.5 Å². The molecule has 0 unspecified atom stereocenters. The molecule has 144 valence electrons. The highest BCUT2D eigenvalue weighted by Gasteiger charge is 2.24. The standard InChI is InChI=1S/C20H18FN3O3S/c1-12-20(13(2)27-23-12)28(25,26)24-17-6-3-14(4-7-17)19-18-8-5-16(21)11-15(18)9-10-22-19/h3-8,11,24H,9-10H2,1-2H3. The predicted octanol–water partition coefficient (Wildman–Crippen LogP) is 3.62. The van der Waals surface area contributed by atoms with Gasteiger partial charge in [0, 0.05) is 23.4 Å². The van der Waals surface area contributed by atoms with Gasteiger partial charge in [-0.25, -0.2) is 12.8 Å². The number of aromatic nitrogens is 1. The van der Waals surface area contributed by atoms with Gasteiger partial charge in [-0.2, -0.15) is 0 Å². The Kier molecular flexibility index (Phi) is 4.50. The minimum atomic E-state index is -3.80. The summed E-state index contributed by atoms with van der Waals surface area (Å²) in [6, 6.07) is 11.6. The van der Waals surface area contributed by atoms with Crippen molar-refractivity contribution in [1.29, 1.82) is 0 Å². The van der Waals surface area contributed by atoms with Crippen molar-refractivity contribution in [3.63, 3.8) is 0 Å². The third kappa shape index (κ3) is 3.31. The lowest BCUT2D eigenvalue weighted by Crippen LogP contribution is -2.16. The minimum absolute atomic E-state index is 0.0455. The molecule has 1 aliphatic rings. The normalized spacial score (nSPS) is 13.8. The van der Waals surface area contributed by atoms with E-state index in [2.05, 4.69) is 14.9 Å². The molecule has 2 heterocycles. The van der Waals surface area contributed by atoms with Crippen LogP contribution in [-0.4, -0.2) is 25.8 Å². The summed E-state index contributed by atoms with van der Waals surface area (Å²) in [5.74, 6) is -0.0221. The van der Waals surface area contributed by atoms with Crippen LogP contribution in [0.15, 0.2) is 56.9 Å². The first-order valence-electron chi connectivity index (χ1n) is 8.74. The van der Waals surface area contributed by atoms with Crippen molar-refractivity contribution in [2.45, 2.75) is 25.2 Å². The number of anilines is 1. The van der Waals surface area contributed by atoms with Gasteiger partial charge in [0.15, 0.2) is 10.7 Å². The van der Waals surface area contributed by atoms with Gasteiger partial charge in [0.25, 0.3) is 10.0 Å². The fourth-order valence-electron chi connectivity index (χ4n) is 3.38. The lowest BCUT2D eigenvalue weighted by atomic mass is 9.93. The van der Waals surface area contributed by atoms with E-state index in [0.717, 1.165) is 22.4 Å². The number of hydrogen-bond acceptors (Lipinski definition) is 5. The summed E-state index contributed by atoms with van der Waals surface area (Å²) in [7, 11) is -3.80. The maximum atomic E-state index is 13.5. The van der Waals surface area contributed by atoms with Gasteiger partial charge in [-0.15, -0.1) is 0 Å². The summed E-state index contributed by atoms with van der Waals surface area (Å²) in [5, 5.41) is 3.69. The molecule has 1 aliphatic heterocycles. The second kappa shape index (κ2) is 6.87. The Morgan fingerprint density at radius 2 is 1.86 bits per heavy atom. The molecule has 3 aromatic rings. The summed E-state index contributed by atoms with van der Waals surface area (Å²) in [6.45, 7) is 3.72. The van der Waals surface area contributed by atoms with Crippen LogP contribution in [0, 0.1) is 19.7 Å². The number of fused-ring (bicyclic) bond motifs is 1. The zero-order chi connectivity index (χ0) is 19.9. The van der Waals surface area contributed by atoms with Crippen molar-refractivity contribution in [2.75, 3.05) is 11.3 Å². The molecule has 0 amide bonds. The molecular formula is C20H18FN3O3S. The zero-order valence-electron chi connectivity index (χ0n) is 15.4. The molecule has 0 saturated heterocycles. The Morgan fingerprint density at radius 3 is 2.54 bits per heavy atom. The van der Waals surface area contributed by atoms with Crippen LogP contribution in [-0.2, 0) is 16.4 Å². The van der Waals surface area contributed by atoms with Crippen molar-refractivity contribution in [1.82, 2.24) is 5.16 Å². The van der Waals surface area contributed by atoms with Gasteiger partial charge in [-0.05, 0) is 56.2 Å². The number of nitrogens with zero attached hydrogens (tertiary/aromatic N) is 2. The molecule has 2 aromatic carbocycles. The van der Waals surface area contributed by atoms with Crippen LogP contribution in [0.4, 0.5) is 10.1 Å². The number of hydrogen-bond donors (Lipinski definition) is 1. The molecule has 0 bridgehead atoms. The molecule has 0 fully saturated rings. The van der Waals surface area contributed by atoms with E-state index in [1.807, 2.05) is 0 Å². The summed E-state index contributed by atoms with van der Waals surface area (Å²) in [4.78, 5) is 4.62. The quantitative estimate of drug-likeness (QED) is 0.726. The number of nitrogens with one attached hydrogen (secondary N) is 1. The number of halogens is 1. The van der Waals surface area contributed by atoms with Crippen molar-refractivity contribution >= 4 is 21.4 Å². The lowest BCUT2D eigenvalue weighted by molar-refractivity contribution is 0.390. The molecule has 8 heteroatoms. The van der Waals surface area contributed by atoms with Crippen LogP contribution in [0.5, 0.6) is 0 Å². The first kappa shape index (κ1) is 18.4. The molecule has 0 spiro atoms. The van der Waals surface area contributed by atoms with E-state index in [1.54, 1.807) is 44.2 Å². The van der Waals surface area contributed by atoms with E-state index < -0.39 is 10.0 Å². The Bertz CT molecular complexity index is 1160. The fourth-order valence-corrected chi connectivity index (χ4v) is 4.77. The molecular weight excluding hydrogens is 381 g/mol. The van der Waals surface area contributed by atoms with Gasteiger partial charge in [0.05, 0.1) is 5.71 Å². The number of aliphatic imine (C=N–C) groups is 1. The lowest BCUT2D eigenvalue weighted by Gasteiger charge is -2.17.